The summed E-state index contributed by atoms with van der Waals surface area (Å²) in [6.07, 6.45) is 0.297. The highest BCUT2D eigenvalue weighted by Gasteiger charge is 2.32. The van der Waals surface area contributed by atoms with E-state index in [9.17, 15) is 13.2 Å². The summed E-state index contributed by atoms with van der Waals surface area (Å²) in [6, 6.07) is 13.6. The van der Waals surface area contributed by atoms with Crippen molar-refractivity contribution in [3.8, 4) is 11.5 Å². The lowest BCUT2D eigenvalue weighted by atomic mass is 10.1. The highest BCUT2D eigenvalue weighted by Crippen LogP contribution is 2.37. The van der Waals surface area contributed by atoms with Crippen LogP contribution in [0.2, 0.25) is 0 Å². The average molecular weight is 374 g/mol. The summed E-state index contributed by atoms with van der Waals surface area (Å²) in [5.41, 5.74) is 0.729. The van der Waals surface area contributed by atoms with Crippen LogP contribution in [0, 0.1) is 5.92 Å². The molecule has 7 nitrogen and oxygen atoms in total. The highest BCUT2D eigenvalue weighted by atomic mass is 32.2. The van der Waals surface area contributed by atoms with E-state index in [0.29, 0.717) is 24.5 Å². The Morgan fingerprint density at radius 1 is 1.08 bits per heavy atom. The van der Waals surface area contributed by atoms with E-state index in [1.165, 1.54) is 0 Å². The molecular formula is C18H18N2O5S. The first-order chi connectivity index (χ1) is 12.5. The molecule has 0 saturated carbocycles. The molecule has 0 aromatic heterocycles. The number of anilines is 1. The van der Waals surface area contributed by atoms with Crippen molar-refractivity contribution in [1.29, 1.82) is 0 Å². The molecule has 1 unspecified atom stereocenters. The smallest absolute Gasteiger partial charge is 0.240 e. The van der Waals surface area contributed by atoms with Crippen molar-refractivity contribution in [2.24, 2.45) is 5.92 Å². The Balaban J connectivity index is 1.42. The SMILES string of the molecule is O=C1CC(CNS(=O)(=O)c2ccccc2)CN1c1ccc2c(c1)OCO2. The molecule has 4 rings (SSSR count). The Morgan fingerprint density at radius 3 is 2.65 bits per heavy atom. The van der Waals surface area contributed by atoms with Crippen molar-refractivity contribution in [3.63, 3.8) is 0 Å². The first kappa shape index (κ1) is 16.9. The number of nitrogens with zero attached hydrogens (tertiary/aromatic N) is 1. The van der Waals surface area contributed by atoms with Gasteiger partial charge in [-0.25, -0.2) is 13.1 Å². The van der Waals surface area contributed by atoms with Gasteiger partial charge in [0, 0.05) is 31.3 Å². The normalized spacial score (nSPS) is 19.2. The van der Waals surface area contributed by atoms with Crippen LogP contribution in [0.1, 0.15) is 6.42 Å². The first-order valence-electron chi connectivity index (χ1n) is 8.28. The van der Waals surface area contributed by atoms with Crippen molar-refractivity contribution in [1.82, 2.24) is 4.72 Å². The second kappa shape index (κ2) is 6.62. The lowest BCUT2D eigenvalue weighted by Gasteiger charge is -2.17. The fourth-order valence-electron chi connectivity index (χ4n) is 3.13. The molecule has 0 bridgehead atoms. The zero-order valence-electron chi connectivity index (χ0n) is 13.9. The Bertz CT molecular complexity index is 930. The Morgan fingerprint density at radius 2 is 1.85 bits per heavy atom. The van der Waals surface area contributed by atoms with Crippen LogP contribution in [0.3, 0.4) is 0 Å². The van der Waals surface area contributed by atoms with E-state index in [2.05, 4.69) is 4.72 Å². The van der Waals surface area contributed by atoms with E-state index >= 15 is 0 Å². The van der Waals surface area contributed by atoms with Crippen LogP contribution in [0.15, 0.2) is 53.4 Å². The zero-order chi connectivity index (χ0) is 18.1. The van der Waals surface area contributed by atoms with Crippen molar-refractivity contribution in [2.45, 2.75) is 11.3 Å². The van der Waals surface area contributed by atoms with Crippen molar-refractivity contribution < 1.29 is 22.7 Å². The maximum atomic E-state index is 12.4. The summed E-state index contributed by atoms with van der Waals surface area (Å²) in [4.78, 5) is 14.2. The lowest BCUT2D eigenvalue weighted by Crippen LogP contribution is -2.31. The number of nitrogens with one attached hydrogen (secondary N) is 1. The van der Waals surface area contributed by atoms with Gasteiger partial charge >= 0.3 is 0 Å². The summed E-state index contributed by atoms with van der Waals surface area (Å²) in [6.45, 7) is 0.844. The van der Waals surface area contributed by atoms with Crippen LogP contribution < -0.4 is 19.1 Å². The van der Waals surface area contributed by atoms with Crippen LogP contribution in [0.4, 0.5) is 5.69 Å². The standard InChI is InChI=1S/C18H18N2O5S/c21-18-8-13(10-19-26(22,23)15-4-2-1-3-5-15)11-20(18)14-6-7-16-17(9-14)25-12-24-16/h1-7,9,13,19H,8,10-12H2. The number of ether oxygens (including phenoxy) is 2. The van der Waals surface area contributed by atoms with Crippen LogP contribution in [-0.4, -0.2) is 34.2 Å². The van der Waals surface area contributed by atoms with E-state index in [0.717, 1.165) is 5.69 Å². The number of hydrogen-bond donors (Lipinski definition) is 1. The summed E-state index contributed by atoms with van der Waals surface area (Å²) < 4.78 is 37.8. The molecule has 0 aliphatic carbocycles. The minimum atomic E-state index is -3.57. The maximum Gasteiger partial charge on any atom is 0.240 e. The van der Waals surface area contributed by atoms with Crippen molar-refractivity contribution in [3.05, 3.63) is 48.5 Å². The molecule has 1 fully saturated rings. The second-order valence-electron chi connectivity index (χ2n) is 6.28. The Kier molecular flexibility index (Phi) is 4.29. The minimum Gasteiger partial charge on any atom is -0.454 e. The van der Waals surface area contributed by atoms with Gasteiger partial charge in [-0.3, -0.25) is 4.79 Å². The lowest BCUT2D eigenvalue weighted by molar-refractivity contribution is -0.117. The molecule has 2 aliphatic rings. The molecule has 26 heavy (non-hydrogen) atoms. The highest BCUT2D eigenvalue weighted by molar-refractivity contribution is 7.89. The number of carbonyl (C=O) groups excluding carboxylic acids is 1. The molecule has 2 aromatic rings. The summed E-state index contributed by atoms with van der Waals surface area (Å²) >= 11 is 0. The maximum absolute atomic E-state index is 12.4. The van der Waals surface area contributed by atoms with Gasteiger partial charge < -0.3 is 14.4 Å². The second-order valence-corrected chi connectivity index (χ2v) is 8.04. The van der Waals surface area contributed by atoms with Gasteiger partial charge in [-0.05, 0) is 30.2 Å². The molecule has 2 aliphatic heterocycles. The van der Waals surface area contributed by atoms with Gasteiger partial charge in [-0.2, -0.15) is 0 Å². The Hall–Kier alpha value is -2.58. The summed E-state index contributed by atoms with van der Waals surface area (Å²) in [5, 5.41) is 0. The summed E-state index contributed by atoms with van der Waals surface area (Å²) in [5.74, 6) is 1.15. The first-order valence-corrected chi connectivity index (χ1v) is 9.76. The molecule has 0 radical (unpaired) electrons. The van der Waals surface area contributed by atoms with Gasteiger partial charge in [-0.1, -0.05) is 18.2 Å². The molecule has 0 spiro atoms. The number of fused-ring (bicyclic) bond motifs is 1. The van der Waals surface area contributed by atoms with E-state index in [1.54, 1.807) is 47.4 Å². The molecule has 1 N–H and O–H groups in total. The van der Waals surface area contributed by atoms with Gasteiger partial charge in [0.2, 0.25) is 22.7 Å². The third kappa shape index (κ3) is 3.25. The summed E-state index contributed by atoms with van der Waals surface area (Å²) in [7, 11) is -3.57. The average Bonchev–Trinajstić information content (AvgIpc) is 3.26. The van der Waals surface area contributed by atoms with Gasteiger partial charge in [0.1, 0.15) is 0 Å². The molecule has 8 heteroatoms. The van der Waals surface area contributed by atoms with E-state index < -0.39 is 10.0 Å². The van der Waals surface area contributed by atoms with E-state index in [4.69, 9.17) is 9.47 Å². The van der Waals surface area contributed by atoms with E-state index in [-0.39, 0.29) is 30.1 Å². The van der Waals surface area contributed by atoms with Gasteiger partial charge in [0.25, 0.3) is 0 Å². The minimum absolute atomic E-state index is 0.0345. The molecule has 2 heterocycles. The van der Waals surface area contributed by atoms with E-state index in [1.807, 2.05) is 6.07 Å². The molecule has 1 saturated heterocycles. The van der Waals surface area contributed by atoms with Crippen LogP contribution >= 0.6 is 0 Å². The molecule has 2 aromatic carbocycles. The Labute approximate surface area is 151 Å². The monoisotopic (exact) mass is 374 g/mol. The number of amides is 1. The number of rotatable bonds is 5. The number of sulfonamides is 1. The largest absolute Gasteiger partial charge is 0.454 e. The van der Waals surface area contributed by atoms with Crippen LogP contribution in [-0.2, 0) is 14.8 Å². The number of carbonyl (C=O) groups is 1. The molecule has 1 atom stereocenters. The fourth-order valence-corrected chi connectivity index (χ4v) is 4.27. The van der Waals surface area contributed by atoms with Crippen LogP contribution in [0.25, 0.3) is 0 Å². The third-order valence-electron chi connectivity index (χ3n) is 4.49. The van der Waals surface area contributed by atoms with Gasteiger partial charge in [0.15, 0.2) is 11.5 Å². The van der Waals surface area contributed by atoms with Crippen LogP contribution in [0.5, 0.6) is 11.5 Å². The molecule has 1 amide bonds. The fraction of sp³-hybridized carbons (Fsp3) is 0.278. The zero-order valence-corrected chi connectivity index (χ0v) is 14.7. The number of benzene rings is 2. The van der Waals surface area contributed by atoms with Gasteiger partial charge in [0.05, 0.1) is 4.90 Å². The third-order valence-corrected chi connectivity index (χ3v) is 5.93. The van der Waals surface area contributed by atoms with Gasteiger partial charge in [-0.15, -0.1) is 0 Å². The number of hydrogen-bond acceptors (Lipinski definition) is 5. The predicted molar refractivity (Wildman–Crippen MR) is 94.7 cm³/mol. The van der Waals surface area contributed by atoms with Crippen molar-refractivity contribution >= 4 is 21.6 Å². The topological polar surface area (TPSA) is 84.9 Å². The molecule has 136 valence electrons. The molecular weight excluding hydrogens is 356 g/mol. The quantitative estimate of drug-likeness (QED) is 0.862. The predicted octanol–water partition coefficient (Wildman–Crippen LogP) is 1.75. The van der Waals surface area contributed by atoms with Crippen molar-refractivity contribution in [2.75, 3.05) is 24.8 Å².